The monoisotopic (exact) mass is 243 g/mol. The van der Waals surface area contributed by atoms with Crippen molar-refractivity contribution in [2.75, 3.05) is 17.6 Å². The molecule has 0 aliphatic rings. The molecule has 90 valence electrons. The molecule has 0 fully saturated rings. The van der Waals surface area contributed by atoms with Crippen molar-refractivity contribution in [2.45, 2.75) is 19.8 Å². The molecule has 0 amide bonds. The summed E-state index contributed by atoms with van der Waals surface area (Å²) < 4.78 is 29.5. The Hall–Kier alpha value is -1.07. The van der Waals surface area contributed by atoms with E-state index in [1.165, 1.54) is 5.56 Å². The maximum absolute atomic E-state index is 10.5. The molecule has 2 N–H and O–H groups in total. The number of para-hydroxylation sites is 1. The van der Waals surface area contributed by atoms with E-state index in [0.717, 1.165) is 12.1 Å². The standard InChI is InChI=1S/C11H17NO3S/c1-2-10-6-3-4-7-11(10)12-8-5-9-16(13,14)15/h3-4,6-7,12H,2,5,8-9H2,1H3,(H,13,14,15). The van der Waals surface area contributed by atoms with Crippen LogP contribution in [0.15, 0.2) is 24.3 Å². The van der Waals surface area contributed by atoms with Gasteiger partial charge in [-0.1, -0.05) is 25.1 Å². The van der Waals surface area contributed by atoms with E-state index in [2.05, 4.69) is 12.2 Å². The molecule has 0 heterocycles. The van der Waals surface area contributed by atoms with Gasteiger partial charge in [0.1, 0.15) is 0 Å². The Bertz CT molecular complexity index is 429. The quantitative estimate of drug-likeness (QED) is 0.592. The van der Waals surface area contributed by atoms with Crippen molar-refractivity contribution in [3.8, 4) is 0 Å². The van der Waals surface area contributed by atoms with Crippen molar-refractivity contribution < 1.29 is 13.0 Å². The highest BCUT2D eigenvalue weighted by atomic mass is 32.2. The largest absolute Gasteiger partial charge is 0.385 e. The SMILES string of the molecule is CCc1ccccc1NCCCS(=O)(=O)O. The zero-order valence-electron chi connectivity index (χ0n) is 9.31. The molecule has 0 saturated heterocycles. The minimum absolute atomic E-state index is 0.200. The van der Waals surface area contributed by atoms with Gasteiger partial charge in [0.15, 0.2) is 0 Å². The fraction of sp³-hybridized carbons (Fsp3) is 0.455. The van der Waals surface area contributed by atoms with Crippen molar-refractivity contribution in [3.63, 3.8) is 0 Å². The van der Waals surface area contributed by atoms with Crippen LogP contribution in [0.4, 0.5) is 5.69 Å². The van der Waals surface area contributed by atoms with Crippen molar-refractivity contribution >= 4 is 15.8 Å². The molecule has 0 atom stereocenters. The topological polar surface area (TPSA) is 66.4 Å². The molecule has 4 nitrogen and oxygen atoms in total. The highest BCUT2D eigenvalue weighted by Gasteiger charge is 2.04. The highest BCUT2D eigenvalue weighted by molar-refractivity contribution is 7.85. The van der Waals surface area contributed by atoms with E-state index in [0.29, 0.717) is 13.0 Å². The molecule has 1 rings (SSSR count). The molecule has 0 radical (unpaired) electrons. The summed E-state index contributed by atoms with van der Waals surface area (Å²) in [7, 11) is -3.83. The van der Waals surface area contributed by atoms with Crippen LogP contribution in [0.1, 0.15) is 18.9 Å². The van der Waals surface area contributed by atoms with E-state index in [4.69, 9.17) is 4.55 Å². The zero-order chi connectivity index (χ0) is 12.0. The zero-order valence-corrected chi connectivity index (χ0v) is 10.1. The Labute approximate surface area is 96.4 Å². The lowest BCUT2D eigenvalue weighted by molar-refractivity contribution is 0.481. The van der Waals surface area contributed by atoms with Crippen molar-refractivity contribution in [1.29, 1.82) is 0 Å². The Kier molecular flexibility index (Phi) is 4.76. The molecule has 16 heavy (non-hydrogen) atoms. The summed E-state index contributed by atoms with van der Waals surface area (Å²) >= 11 is 0. The fourth-order valence-corrected chi connectivity index (χ4v) is 1.99. The molecule has 0 spiro atoms. The van der Waals surface area contributed by atoms with Gasteiger partial charge in [0.05, 0.1) is 5.75 Å². The molecule has 0 bridgehead atoms. The van der Waals surface area contributed by atoms with E-state index in [9.17, 15) is 8.42 Å². The minimum Gasteiger partial charge on any atom is -0.385 e. The van der Waals surface area contributed by atoms with Crippen LogP contribution < -0.4 is 5.32 Å². The lowest BCUT2D eigenvalue weighted by Gasteiger charge is -2.09. The number of hydrogen-bond donors (Lipinski definition) is 2. The molecular weight excluding hydrogens is 226 g/mol. The normalized spacial score (nSPS) is 11.4. The maximum Gasteiger partial charge on any atom is 0.264 e. The van der Waals surface area contributed by atoms with Gasteiger partial charge in [-0.3, -0.25) is 4.55 Å². The van der Waals surface area contributed by atoms with Crippen LogP contribution in [0.3, 0.4) is 0 Å². The summed E-state index contributed by atoms with van der Waals surface area (Å²) in [6.45, 7) is 2.61. The molecule has 5 heteroatoms. The second-order valence-corrected chi connectivity index (χ2v) is 5.15. The number of benzene rings is 1. The summed E-state index contributed by atoms with van der Waals surface area (Å²) in [5.74, 6) is -0.200. The first-order valence-corrected chi connectivity index (χ1v) is 6.91. The minimum atomic E-state index is -3.83. The molecule has 0 saturated carbocycles. The van der Waals surface area contributed by atoms with E-state index in [1.807, 2.05) is 24.3 Å². The molecule has 0 aliphatic carbocycles. The van der Waals surface area contributed by atoms with Crippen LogP contribution in [0.25, 0.3) is 0 Å². The van der Waals surface area contributed by atoms with Crippen LogP contribution in [0, 0.1) is 0 Å². The molecule has 1 aromatic carbocycles. The number of nitrogens with one attached hydrogen (secondary N) is 1. The maximum atomic E-state index is 10.5. The van der Waals surface area contributed by atoms with Gasteiger partial charge in [0.25, 0.3) is 10.1 Å². The van der Waals surface area contributed by atoms with Gasteiger partial charge in [-0.25, -0.2) is 0 Å². The van der Waals surface area contributed by atoms with Crippen molar-refractivity contribution in [1.82, 2.24) is 0 Å². The number of rotatable bonds is 6. The fourth-order valence-electron chi connectivity index (χ4n) is 1.48. The predicted molar refractivity (Wildman–Crippen MR) is 65.3 cm³/mol. The Morgan fingerprint density at radius 1 is 1.31 bits per heavy atom. The van der Waals surface area contributed by atoms with E-state index < -0.39 is 10.1 Å². The average molecular weight is 243 g/mol. The van der Waals surface area contributed by atoms with Crippen LogP contribution in [0.2, 0.25) is 0 Å². The number of hydrogen-bond acceptors (Lipinski definition) is 3. The van der Waals surface area contributed by atoms with Crippen LogP contribution in [-0.4, -0.2) is 25.3 Å². The summed E-state index contributed by atoms with van der Waals surface area (Å²) in [5.41, 5.74) is 2.23. The third-order valence-electron chi connectivity index (χ3n) is 2.29. The number of aryl methyl sites for hydroxylation is 1. The third kappa shape index (κ3) is 4.63. The molecule has 1 aromatic rings. The van der Waals surface area contributed by atoms with Gasteiger partial charge < -0.3 is 5.32 Å². The summed E-state index contributed by atoms with van der Waals surface area (Å²) in [5, 5.41) is 3.16. The first-order valence-electron chi connectivity index (χ1n) is 5.30. The van der Waals surface area contributed by atoms with Crippen LogP contribution in [0.5, 0.6) is 0 Å². The van der Waals surface area contributed by atoms with Gasteiger partial charge in [-0.15, -0.1) is 0 Å². The molecule has 0 unspecified atom stereocenters. The van der Waals surface area contributed by atoms with Gasteiger partial charge in [0.2, 0.25) is 0 Å². The highest BCUT2D eigenvalue weighted by Crippen LogP contribution is 2.15. The summed E-state index contributed by atoms with van der Waals surface area (Å²) in [6, 6.07) is 7.91. The van der Waals surface area contributed by atoms with E-state index >= 15 is 0 Å². The molecule has 0 aromatic heterocycles. The van der Waals surface area contributed by atoms with Crippen molar-refractivity contribution in [3.05, 3.63) is 29.8 Å². The van der Waals surface area contributed by atoms with E-state index in [1.54, 1.807) is 0 Å². The predicted octanol–water partition coefficient (Wildman–Crippen LogP) is 1.94. The number of anilines is 1. The van der Waals surface area contributed by atoms with Crippen molar-refractivity contribution in [2.24, 2.45) is 0 Å². The third-order valence-corrected chi connectivity index (χ3v) is 3.10. The second kappa shape index (κ2) is 5.86. The first kappa shape index (κ1) is 13.0. The van der Waals surface area contributed by atoms with E-state index in [-0.39, 0.29) is 5.75 Å². The lowest BCUT2D eigenvalue weighted by atomic mass is 10.1. The lowest BCUT2D eigenvalue weighted by Crippen LogP contribution is -2.10. The van der Waals surface area contributed by atoms with Crippen LogP contribution in [-0.2, 0) is 16.5 Å². The van der Waals surface area contributed by atoms with Crippen LogP contribution >= 0.6 is 0 Å². The smallest absolute Gasteiger partial charge is 0.264 e. The first-order chi connectivity index (χ1) is 7.53. The van der Waals surface area contributed by atoms with Gasteiger partial charge in [0, 0.05) is 12.2 Å². The molecular formula is C11H17NO3S. The Balaban J connectivity index is 2.43. The van der Waals surface area contributed by atoms with Gasteiger partial charge in [-0.2, -0.15) is 8.42 Å². The van der Waals surface area contributed by atoms with Gasteiger partial charge in [-0.05, 0) is 24.5 Å². The Morgan fingerprint density at radius 2 is 2.00 bits per heavy atom. The average Bonchev–Trinajstić information content (AvgIpc) is 2.23. The van der Waals surface area contributed by atoms with Gasteiger partial charge >= 0.3 is 0 Å². The summed E-state index contributed by atoms with van der Waals surface area (Å²) in [4.78, 5) is 0. The second-order valence-electron chi connectivity index (χ2n) is 3.58. The Morgan fingerprint density at radius 3 is 2.62 bits per heavy atom. The summed E-state index contributed by atoms with van der Waals surface area (Å²) in [6.07, 6.45) is 1.33. The molecule has 0 aliphatic heterocycles.